The molecule has 0 spiro atoms. The molecule has 4 amide bonds. The SMILES string of the molecule is C=CCOC(=O)Nc1cc(OCCCCCOc2cc(NC(=O)OC(C)(C)C)c(C(=O)N3CC(=C)C[C@H]3CC)cc2OC)c(OC)cc1C(=O)N1CC(=C)C[C@H]1CO[Si](C)(C)C(C)(C)C. The van der Waals surface area contributed by atoms with Crippen LogP contribution in [0.2, 0.25) is 18.1 Å². The lowest BCUT2D eigenvalue weighted by molar-refractivity contribution is 0.0634. The molecule has 2 atom stereocenters. The van der Waals surface area contributed by atoms with Crippen molar-refractivity contribution in [1.82, 2.24) is 9.80 Å². The summed E-state index contributed by atoms with van der Waals surface area (Å²) < 4.78 is 41.0. The summed E-state index contributed by atoms with van der Waals surface area (Å²) in [5, 5.41) is 5.48. The van der Waals surface area contributed by atoms with Crippen molar-refractivity contribution in [3.8, 4) is 23.0 Å². The molecule has 0 aromatic heterocycles. The Morgan fingerprint density at radius 2 is 1.22 bits per heavy atom. The fraction of sp³-hybridized carbons (Fsp3) is 0.551. The quantitative estimate of drug-likeness (QED) is 0.0738. The van der Waals surface area contributed by atoms with Crippen LogP contribution < -0.4 is 29.6 Å². The molecule has 2 aromatic carbocycles. The maximum atomic E-state index is 14.3. The van der Waals surface area contributed by atoms with Gasteiger partial charge in [-0.05, 0) is 89.6 Å². The molecule has 0 bridgehead atoms. The lowest BCUT2D eigenvalue weighted by Gasteiger charge is -2.38. The topological polar surface area (TPSA) is 163 Å². The molecule has 65 heavy (non-hydrogen) atoms. The predicted octanol–water partition coefficient (Wildman–Crippen LogP) is 10.4. The van der Waals surface area contributed by atoms with E-state index in [1.165, 1.54) is 20.3 Å². The number of rotatable bonds is 20. The zero-order valence-electron chi connectivity index (χ0n) is 40.5. The summed E-state index contributed by atoms with van der Waals surface area (Å²) in [5.41, 5.74) is 2.03. The van der Waals surface area contributed by atoms with Crippen LogP contribution >= 0.6 is 0 Å². The zero-order chi connectivity index (χ0) is 48.3. The van der Waals surface area contributed by atoms with E-state index in [9.17, 15) is 19.2 Å². The first kappa shape index (κ1) is 52.1. The second kappa shape index (κ2) is 22.6. The molecule has 15 nitrogen and oxygen atoms in total. The molecule has 2 aliphatic rings. The summed E-state index contributed by atoms with van der Waals surface area (Å²) in [4.78, 5) is 57.6. The Bertz CT molecular complexity index is 2070. The number of hydrogen-bond acceptors (Lipinski definition) is 11. The number of nitrogens with one attached hydrogen (secondary N) is 2. The van der Waals surface area contributed by atoms with Crippen LogP contribution in [0.1, 0.15) is 108 Å². The third kappa shape index (κ3) is 14.3. The highest BCUT2D eigenvalue weighted by Crippen LogP contribution is 2.40. The van der Waals surface area contributed by atoms with Gasteiger partial charge in [0.15, 0.2) is 31.3 Å². The van der Waals surface area contributed by atoms with Gasteiger partial charge in [0.25, 0.3) is 11.8 Å². The average Bonchev–Trinajstić information content (AvgIpc) is 3.81. The Kier molecular flexibility index (Phi) is 18.1. The van der Waals surface area contributed by atoms with E-state index in [1.807, 2.05) is 6.92 Å². The molecule has 2 N–H and O–H groups in total. The number of benzene rings is 2. The van der Waals surface area contributed by atoms with Crippen LogP contribution in [0.5, 0.6) is 23.0 Å². The van der Waals surface area contributed by atoms with E-state index < -0.39 is 26.1 Å². The van der Waals surface area contributed by atoms with Gasteiger partial charge in [-0.1, -0.05) is 64.7 Å². The number of anilines is 2. The molecule has 0 aliphatic carbocycles. The highest BCUT2D eigenvalue weighted by Gasteiger charge is 2.40. The van der Waals surface area contributed by atoms with E-state index in [2.05, 4.69) is 64.2 Å². The van der Waals surface area contributed by atoms with Gasteiger partial charge in [0.2, 0.25) is 0 Å². The molecular weight excluding hydrogens is 849 g/mol. The smallest absolute Gasteiger partial charge is 0.412 e. The first-order valence-electron chi connectivity index (χ1n) is 22.4. The van der Waals surface area contributed by atoms with Crippen LogP contribution in [0, 0.1) is 0 Å². The van der Waals surface area contributed by atoms with E-state index in [0.717, 1.165) is 24.0 Å². The standard InChI is InChI=1S/C49H72N4O11Si/c1-15-20-62-46(56)50-38-27-42(40(58-11)25-36(38)45(55)53-30-33(4)24-35(53)31-63-65(13,14)49(8,9)10)60-21-18-17-19-22-61-43-28-39(51-47(57)64-48(5,6)7)37(26-41(43)59-12)44(54)52-29-32(3)23-34(52)16-2/h15,25-28,34-35H,1,3-4,16-24,29-31H2,2,5-14H3,(H,50,56)(H,51,57)/t34-,35+/m1/s1. The molecule has 0 radical (unpaired) electrons. The largest absolute Gasteiger partial charge is 0.493 e. The Morgan fingerprint density at radius 3 is 1.66 bits per heavy atom. The summed E-state index contributed by atoms with van der Waals surface area (Å²) in [6, 6.07) is 6.09. The predicted molar refractivity (Wildman–Crippen MR) is 256 cm³/mol. The normalized spacial score (nSPS) is 16.5. The maximum Gasteiger partial charge on any atom is 0.412 e. The number of carbonyl (C=O) groups excluding carboxylic acids is 4. The molecule has 358 valence electrons. The average molecular weight is 921 g/mol. The first-order chi connectivity index (χ1) is 30.5. The second-order valence-electron chi connectivity index (χ2n) is 19.1. The molecule has 0 unspecified atom stereocenters. The van der Waals surface area contributed by atoms with E-state index in [4.69, 9.17) is 32.8 Å². The highest BCUT2D eigenvalue weighted by atomic mass is 28.4. The van der Waals surface area contributed by atoms with Gasteiger partial charge in [0.05, 0.1) is 62.6 Å². The Morgan fingerprint density at radius 1 is 0.738 bits per heavy atom. The summed E-state index contributed by atoms with van der Waals surface area (Å²) in [7, 11) is 0.880. The summed E-state index contributed by atoms with van der Waals surface area (Å²) >= 11 is 0. The van der Waals surface area contributed by atoms with Gasteiger partial charge in [-0.3, -0.25) is 20.2 Å². The van der Waals surface area contributed by atoms with E-state index in [-0.39, 0.29) is 64.7 Å². The molecular formula is C49H72N4O11Si. The number of hydrogen-bond donors (Lipinski definition) is 2. The molecule has 2 heterocycles. The van der Waals surface area contributed by atoms with Gasteiger partial charge in [0.1, 0.15) is 12.2 Å². The van der Waals surface area contributed by atoms with E-state index >= 15 is 0 Å². The number of unbranched alkanes of at least 4 members (excludes halogenated alkanes) is 2. The minimum absolute atomic E-state index is 0.00120. The Balaban J connectivity index is 1.46. The maximum absolute atomic E-state index is 14.3. The highest BCUT2D eigenvalue weighted by molar-refractivity contribution is 6.74. The van der Waals surface area contributed by atoms with Crippen LogP contribution in [0.4, 0.5) is 21.0 Å². The Labute approximate surface area is 386 Å². The van der Waals surface area contributed by atoms with Crippen molar-refractivity contribution in [3.05, 3.63) is 72.4 Å². The summed E-state index contributed by atoms with van der Waals surface area (Å²) in [6.07, 6.45) is 4.04. The third-order valence-electron chi connectivity index (χ3n) is 11.7. The summed E-state index contributed by atoms with van der Waals surface area (Å²) in [5.74, 6) is 0.769. The second-order valence-corrected chi connectivity index (χ2v) is 23.9. The van der Waals surface area contributed by atoms with Crippen LogP contribution in [0.3, 0.4) is 0 Å². The molecule has 2 aromatic rings. The number of ether oxygens (including phenoxy) is 6. The monoisotopic (exact) mass is 920 g/mol. The van der Waals surface area contributed by atoms with Gasteiger partial charge in [0, 0.05) is 31.3 Å². The van der Waals surface area contributed by atoms with Gasteiger partial charge >= 0.3 is 12.2 Å². The lowest BCUT2D eigenvalue weighted by Crippen LogP contribution is -2.46. The minimum Gasteiger partial charge on any atom is -0.493 e. The number of methoxy groups -OCH3 is 2. The van der Waals surface area contributed by atoms with Gasteiger partial charge in [-0.25, -0.2) is 9.59 Å². The van der Waals surface area contributed by atoms with Crippen molar-refractivity contribution < 1.29 is 52.0 Å². The van der Waals surface area contributed by atoms with Gasteiger partial charge in [-0.2, -0.15) is 0 Å². The van der Waals surface area contributed by atoms with Crippen molar-refractivity contribution >= 4 is 43.7 Å². The third-order valence-corrected chi connectivity index (χ3v) is 16.2. The Hall–Kier alpha value is -5.48. The van der Waals surface area contributed by atoms with Crippen molar-refractivity contribution in [2.24, 2.45) is 0 Å². The molecule has 4 rings (SSSR count). The number of likely N-dealkylation sites (tertiary alicyclic amines) is 2. The number of amides is 4. The van der Waals surface area contributed by atoms with Crippen molar-refractivity contribution in [1.29, 1.82) is 0 Å². The lowest BCUT2D eigenvalue weighted by atomic mass is 10.1. The fourth-order valence-corrected chi connectivity index (χ4v) is 8.28. The number of nitrogens with zero attached hydrogens (tertiary/aromatic N) is 2. The van der Waals surface area contributed by atoms with Crippen LogP contribution in [0.15, 0.2) is 61.2 Å². The van der Waals surface area contributed by atoms with E-state index in [0.29, 0.717) is 75.0 Å². The van der Waals surface area contributed by atoms with Crippen LogP contribution in [-0.2, 0) is 13.9 Å². The molecule has 2 saturated heterocycles. The summed E-state index contributed by atoms with van der Waals surface area (Å²) in [6.45, 7) is 31.8. The van der Waals surface area contributed by atoms with Crippen molar-refractivity contribution in [3.63, 3.8) is 0 Å². The van der Waals surface area contributed by atoms with E-state index in [1.54, 1.807) is 54.8 Å². The number of carbonyl (C=O) groups is 4. The fourth-order valence-electron chi connectivity index (χ4n) is 7.24. The zero-order valence-corrected chi connectivity index (χ0v) is 41.5. The van der Waals surface area contributed by atoms with Crippen molar-refractivity contribution in [2.75, 3.05) is 64.4 Å². The first-order valence-corrected chi connectivity index (χ1v) is 25.3. The van der Waals surface area contributed by atoms with Gasteiger partial charge < -0.3 is 42.6 Å². The molecule has 0 saturated carbocycles. The van der Waals surface area contributed by atoms with Crippen molar-refractivity contribution in [2.45, 2.75) is 123 Å². The molecule has 2 fully saturated rings. The minimum atomic E-state index is -2.10. The van der Waals surface area contributed by atoms with Crippen LogP contribution in [-0.4, -0.2) is 114 Å². The molecule has 16 heteroatoms. The van der Waals surface area contributed by atoms with Crippen LogP contribution in [0.25, 0.3) is 0 Å². The van der Waals surface area contributed by atoms with Gasteiger partial charge in [-0.15, -0.1) is 0 Å². The molecule has 2 aliphatic heterocycles.